The highest BCUT2D eigenvalue weighted by molar-refractivity contribution is 5.84. The summed E-state index contributed by atoms with van der Waals surface area (Å²) in [5.74, 6) is -3.89. The third-order valence-corrected chi connectivity index (χ3v) is 2.76. The molecule has 0 aliphatic rings. The van der Waals surface area contributed by atoms with Gasteiger partial charge in [-0.15, -0.1) is 0 Å². The van der Waals surface area contributed by atoms with Gasteiger partial charge >= 0.3 is 5.97 Å². The Morgan fingerprint density at radius 3 is 2.62 bits per heavy atom. The number of carbonyl (C=O) groups is 2. The molecule has 112 valence electrons. The highest BCUT2D eigenvalue weighted by Crippen LogP contribution is 2.09. The number of hydrogen-bond acceptors (Lipinski definition) is 3. The van der Waals surface area contributed by atoms with E-state index >= 15 is 0 Å². The van der Waals surface area contributed by atoms with Gasteiger partial charge in [0, 0.05) is 6.42 Å². The molecule has 0 aliphatic carbocycles. The molecule has 0 spiro atoms. The van der Waals surface area contributed by atoms with Crippen molar-refractivity contribution in [2.24, 2.45) is 0 Å². The van der Waals surface area contributed by atoms with Crippen LogP contribution in [0.2, 0.25) is 0 Å². The SMILES string of the molecule is N#CCCC[C@H](NC(=O)Cc1ccc(F)c(F)c1)C(=O)O. The van der Waals surface area contributed by atoms with E-state index in [-0.39, 0.29) is 24.8 Å². The second-order valence-electron chi connectivity index (χ2n) is 4.43. The number of aliphatic carboxylic acids is 1. The first-order valence-electron chi connectivity index (χ1n) is 6.27. The van der Waals surface area contributed by atoms with E-state index in [4.69, 9.17) is 10.4 Å². The molecule has 1 amide bonds. The van der Waals surface area contributed by atoms with Crippen LogP contribution in [0.15, 0.2) is 18.2 Å². The van der Waals surface area contributed by atoms with Crippen molar-refractivity contribution >= 4 is 11.9 Å². The number of unbranched alkanes of at least 4 members (excludes halogenated alkanes) is 1. The minimum Gasteiger partial charge on any atom is -0.480 e. The molecular weight excluding hydrogens is 282 g/mol. The van der Waals surface area contributed by atoms with E-state index in [0.29, 0.717) is 6.42 Å². The Morgan fingerprint density at radius 1 is 1.33 bits per heavy atom. The standard InChI is InChI=1S/C14H14F2N2O3/c15-10-5-4-9(7-11(10)16)8-13(19)18-12(14(20)21)3-1-2-6-17/h4-5,7,12H,1-3,8H2,(H,18,19)(H,20,21)/t12-/m0/s1. The number of halogens is 2. The normalized spacial score (nSPS) is 11.5. The Morgan fingerprint density at radius 2 is 2.05 bits per heavy atom. The topological polar surface area (TPSA) is 90.2 Å². The zero-order valence-corrected chi connectivity index (χ0v) is 11.1. The summed E-state index contributed by atoms with van der Waals surface area (Å²) in [6.07, 6.45) is 0.424. The van der Waals surface area contributed by atoms with Gasteiger partial charge in [-0.05, 0) is 30.5 Å². The fraction of sp³-hybridized carbons (Fsp3) is 0.357. The van der Waals surface area contributed by atoms with Crippen molar-refractivity contribution in [1.82, 2.24) is 5.32 Å². The molecule has 0 aromatic heterocycles. The Kier molecular flexibility index (Phi) is 6.27. The van der Waals surface area contributed by atoms with Crippen molar-refractivity contribution in [3.63, 3.8) is 0 Å². The highest BCUT2D eigenvalue weighted by atomic mass is 19.2. The number of carboxylic acid groups (broad SMARTS) is 1. The summed E-state index contributed by atoms with van der Waals surface area (Å²) in [6.45, 7) is 0. The molecule has 5 nitrogen and oxygen atoms in total. The molecule has 0 fully saturated rings. The Labute approximate surface area is 120 Å². The van der Waals surface area contributed by atoms with Crippen molar-refractivity contribution in [2.75, 3.05) is 0 Å². The molecule has 0 heterocycles. The third kappa shape index (κ3) is 5.57. The van der Waals surface area contributed by atoms with Crippen LogP contribution >= 0.6 is 0 Å². The lowest BCUT2D eigenvalue weighted by Gasteiger charge is -2.13. The maximum atomic E-state index is 13.0. The number of amides is 1. The molecule has 0 saturated carbocycles. The van der Waals surface area contributed by atoms with Crippen molar-refractivity contribution in [2.45, 2.75) is 31.7 Å². The van der Waals surface area contributed by atoms with Gasteiger partial charge in [0.2, 0.25) is 5.91 Å². The minimum atomic E-state index is -1.20. The van der Waals surface area contributed by atoms with Gasteiger partial charge in [-0.1, -0.05) is 6.07 Å². The van der Waals surface area contributed by atoms with Crippen LogP contribution in [0.4, 0.5) is 8.78 Å². The van der Waals surface area contributed by atoms with Crippen LogP contribution in [0.5, 0.6) is 0 Å². The lowest BCUT2D eigenvalue weighted by atomic mass is 10.1. The number of nitrogens with one attached hydrogen (secondary N) is 1. The molecule has 1 rings (SSSR count). The first-order valence-corrected chi connectivity index (χ1v) is 6.27. The van der Waals surface area contributed by atoms with Crippen LogP contribution in [-0.4, -0.2) is 23.0 Å². The molecule has 1 aromatic rings. The Hall–Kier alpha value is -2.49. The van der Waals surface area contributed by atoms with Crippen LogP contribution < -0.4 is 5.32 Å². The number of hydrogen-bond donors (Lipinski definition) is 2. The maximum absolute atomic E-state index is 13.0. The van der Waals surface area contributed by atoms with Crippen LogP contribution in [0.1, 0.15) is 24.8 Å². The van der Waals surface area contributed by atoms with E-state index in [1.54, 1.807) is 0 Å². The van der Waals surface area contributed by atoms with E-state index in [1.807, 2.05) is 6.07 Å². The fourth-order valence-corrected chi connectivity index (χ4v) is 1.72. The summed E-state index contributed by atoms with van der Waals surface area (Å²) in [5.41, 5.74) is 0.243. The lowest BCUT2D eigenvalue weighted by Crippen LogP contribution is -2.41. The second kappa shape index (κ2) is 7.94. The van der Waals surface area contributed by atoms with Gasteiger partial charge in [-0.3, -0.25) is 4.79 Å². The summed E-state index contributed by atoms with van der Waals surface area (Å²) < 4.78 is 25.7. The van der Waals surface area contributed by atoms with Gasteiger partial charge in [0.25, 0.3) is 0 Å². The van der Waals surface area contributed by atoms with Crippen molar-refractivity contribution in [3.8, 4) is 6.07 Å². The summed E-state index contributed by atoms with van der Waals surface area (Å²) in [7, 11) is 0. The van der Waals surface area contributed by atoms with Crippen LogP contribution in [0, 0.1) is 23.0 Å². The van der Waals surface area contributed by atoms with Gasteiger partial charge in [-0.25, -0.2) is 13.6 Å². The average Bonchev–Trinajstić information content (AvgIpc) is 2.42. The Bertz CT molecular complexity index is 570. The summed E-state index contributed by atoms with van der Waals surface area (Å²) in [4.78, 5) is 22.7. The largest absolute Gasteiger partial charge is 0.480 e. The maximum Gasteiger partial charge on any atom is 0.326 e. The van der Waals surface area contributed by atoms with Gasteiger partial charge in [0.15, 0.2) is 11.6 Å². The zero-order valence-electron chi connectivity index (χ0n) is 11.1. The van der Waals surface area contributed by atoms with E-state index in [0.717, 1.165) is 12.1 Å². The summed E-state index contributed by atoms with van der Waals surface area (Å²) in [5, 5.41) is 19.6. The molecule has 1 atom stereocenters. The van der Waals surface area contributed by atoms with Crippen LogP contribution in [0.3, 0.4) is 0 Å². The number of carboxylic acids is 1. The average molecular weight is 296 g/mol. The lowest BCUT2D eigenvalue weighted by molar-refractivity contribution is -0.141. The molecule has 0 saturated heterocycles. The van der Waals surface area contributed by atoms with Gasteiger partial charge in [0.05, 0.1) is 12.5 Å². The minimum absolute atomic E-state index is 0.131. The predicted octanol–water partition coefficient (Wildman–Crippen LogP) is 1.77. The van der Waals surface area contributed by atoms with E-state index in [2.05, 4.69) is 5.32 Å². The van der Waals surface area contributed by atoms with Crippen molar-refractivity contribution < 1.29 is 23.5 Å². The zero-order chi connectivity index (χ0) is 15.8. The van der Waals surface area contributed by atoms with Crippen LogP contribution in [0.25, 0.3) is 0 Å². The smallest absolute Gasteiger partial charge is 0.326 e. The number of rotatable bonds is 7. The van der Waals surface area contributed by atoms with E-state index in [9.17, 15) is 18.4 Å². The third-order valence-electron chi connectivity index (χ3n) is 2.76. The fourth-order valence-electron chi connectivity index (χ4n) is 1.72. The van der Waals surface area contributed by atoms with E-state index < -0.39 is 29.6 Å². The molecular formula is C14H14F2N2O3. The van der Waals surface area contributed by atoms with Gasteiger partial charge in [0.1, 0.15) is 6.04 Å². The highest BCUT2D eigenvalue weighted by Gasteiger charge is 2.19. The summed E-state index contributed by atoms with van der Waals surface area (Å²) in [6, 6.07) is 3.83. The quantitative estimate of drug-likeness (QED) is 0.750. The first kappa shape index (κ1) is 16.6. The van der Waals surface area contributed by atoms with E-state index in [1.165, 1.54) is 6.07 Å². The van der Waals surface area contributed by atoms with Crippen LogP contribution in [-0.2, 0) is 16.0 Å². The molecule has 2 N–H and O–H groups in total. The monoisotopic (exact) mass is 296 g/mol. The molecule has 0 radical (unpaired) electrons. The van der Waals surface area contributed by atoms with Gasteiger partial charge in [-0.2, -0.15) is 5.26 Å². The Balaban J connectivity index is 2.59. The summed E-state index contributed by atoms with van der Waals surface area (Å²) >= 11 is 0. The number of carbonyl (C=O) groups excluding carboxylic acids is 1. The molecule has 0 aliphatic heterocycles. The molecule has 1 aromatic carbocycles. The second-order valence-corrected chi connectivity index (χ2v) is 4.43. The molecule has 0 bridgehead atoms. The molecule has 0 unspecified atom stereocenters. The van der Waals surface area contributed by atoms with Gasteiger partial charge < -0.3 is 10.4 Å². The number of nitriles is 1. The number of benzene rings is 1. The first-order chi connectivity index (χ1) is 9.93. The van der Waals surface area contributed by atoms with Crippen molar-refractivity contribution in [1.29, 1.82) is 5.26 Å². The predicted molar refractivity (Wildman–Crippen MR) is 69.1 cm³/mol. The molecule has 21 heavy (non-hydrogen) atoms. The van der Waals surface area contributed by atoms with Crippen molar-refractivity contribution in [3.05, 3.63) is 35.4 Å². The number of nitrogens with zero attached hydrogens (tertiary/aromatic N) is 1. The molecule has 7 heteroatoms.